The van der Waals surface area contributed by atoms with Gasteiger partial charge in [-0.25, -0.2) is 9.78 Å². The van der Waals surface area contributed by atoms with E-state index in [0.29, 0.717) is 55.3 Å². The van der Waals surface area contributed by atoms with Crippen molar-refractivity contribution in [3.63, 3.8) is 0 Å². The summed E-state index contributed by atoms with van der Waals surface area (Å²) in [5, 5.41) is 0. The van der Waals surface area contributed by atoms with Gasteiger partial charge in [0.2, 0.25) is 0 Å². The summed E-state index contributed by atoms with van der Waals surface area (Å²) < 4.78 is 53.9. The van der Waals surface area contributed by atoms with Crippen LogP contribution in [0.1, 0.15) is 63.4 Å². The molecule has 2 aromatic carbocycles. The highest BCUT2D eigenvalue weighted by molar-refractivity contribution is 5.77. The van der Waals surface area contributed by atoms with E-state index in [1.165, 1.54) is 6.07 Å². The largest absolute Gasteiger partial charge is 0.444 e. The zero-order valence-electron chi connectivity index (χ0n) is 22.8. The molecule has 3 aromatic rings. The second-order valence-electron chi connectivity index (χ2n) is 11.9. The van der Waals surface area contributed by atoms with E-state index < -0.39 is 17.3 Å². The molecule has 0 spiro atoms. The van der Waals surface area contributed by atoms with Crippen molar-refractivity contribution in [3.05, 3.63) is 65.5 Å². The summed E-state index contributed by atoms with van der Waals surface area (Å²) >= 11 is 0. The molecule has 39 heavy (non-hydrogen) atoms. The van der Waals surface area contributed by atoms with Crippen molar-refractivity contribution in [3.8, 4) is 0 Å². The van der Waals surface area contributed by atoms with Gasteiger partial charge in [-0.3, -0.25) is 0 Å². The van der Waals surface area contributed by atoms with Crippen LogP contribution >= 0.6 is 0 Å². The second-order valence-corrected chi connectivity index (χ2v) is 11.9. The number of carbonyl (C=O) groups is 1. The van der Waals surface area contributed by atoms with Crippen molar-refractivity contribution in [2.75, 3.05) is 19.7 Å². The molecule has 1 aliphatic carbocycles. The summed E-state index contributed by atoms with van der Waals surface area (Å²) in [6.07, 6.45) is -1.07. The first-order valence-electron chi connectivity index (χ1n) is 13.6. The minimum absolute atomic E-state index is 0.202. The Morgan fingerprint density at radius 3 is 2.36 bits per heavy atom. The summed E-state index contributed by atoms with van der Waals surface area (Å²) in [6, 6.07) is 13.9. The molecule has 1 saturated heterocycles. The van der Waals surface area contributed by atoms with E-state index in [0.717, 1.165) is 37.1 Å². The lowest BCUT2D eigenvalue weighted by atomic mass is 9.73. The SMILES string of the molecule is CC(C)(C)OC(=O)N1CCC(COCc2nc3cc(C(F)(F)F)ccc3n2CC2CC2)(c2ccccc2)CC1. The van der Waals surface area contributed by atoms with Crippen molar-refractivity contribution in [2.45, 2.75) is 76.8 Å². The molecule has 1 aliphatic heterocycles. The summed E-state index contributed by atoms with van der Waals surface area (Å²) in [7, 11) is 0. The molecule has 0 bridgehead atoms. The molecular weight excluding hydrogens is 507 g/mol. The van der Waals surface area contributed by atoms with E-state index in [1.54, 1.807) is 4.90 Å². The zero-order chi connectivity index (χ0) is 27.8. The number of hydrogen-bond donors (Lipinski definition) is 0. The molecule has 1 amide bonds. The van der Waals surface area contributed by atoms with E-state index in [2.05, 4.69) is 17.1 Å². The lowest BCUT2D eigenvalue weighted by molar-refractivity contribution is -0.137. The van der Waals surface area contributed by atoms with Crippen LogP contribution in [0.3, 0.4) is 0 Å². The number of fused-ring (bicyclic) bond motifs is 1. The molecule has 5 rings (SSSR count). The first-order valence-corrected chi connectivity index (χ1v) is 13.6. The lowest BCUT2D eigenvalue weighted by Gasteiger charge is -2.42. The van der Waals surface area contributed by atoms with Gasteiger partial charge in [-0.1, -0.05) is 30.3 Å². The number of halogens is 3. The molecule has 1 saturated carbocycles. The average Bonchev–Trinajstić information content (AvgIpc) is 3.64. The predicted molar refractivity (Wildman–Crippen MR) is 142 cm³/mol. The molecule has 210 valence electrons. The van der Waals surface area contributed by atoms with Gasteiger partial charge in [-0.2, -0.15) is 13.2 Å². The Labute approximate surface area is 227 Å². The Kier molecular flexibility index (Phi) is 7.39. The fraction of sp³-hybridized carbons (Fsp3) is 0.533. The minimum Gasteiger partial charge on any atom is -0.444 e. The van der Waals surface area contributed by atoms with Gasteiger partial charge in [-0.05, 0) is 76.1 Å². The van der Waals surface area contributed by atoms with E-state index in [1.807, 2.05) is 43.5 Å². The van der Waals surface area contributed by atoms with Gasteiger partial charge in [-0.15, -0.1) is 0 Å². The van der Waals surface area contributed by atoms with E-state index >= 15 is 0 Å². The fourth-order valence-corrected chi connectivity index (χ4v) is 5.32. The number of carbonyl (C=O) groups excluding carboxylic acids is 1. The molecule has 6 nitrogen and oxygen atoms in total. The molecule has 0 radical (unpaired) electrons. The van der Waals surface area contributed by atoms with Gasteiger partial charge in [0.15, 0.2) is 0 Å². The highest BCUT2D eigenvalue weighted by Crippen LogP contribution is 2.38. The molecular formula is C30H36F3N3O3. The quantitative estimate of drug-likeness (QED) is 0.324. The van der Waals surface area contributed by atoms with Gasteiger partial charge in [0.05, 0.1) is 23.2 Å². The number of amides is 1. The van der Waals surface area contributed by atoms with Crippen LogP contribution in [0.15, 0.2) is 48.5 Å². The monoisotopic (exact) mass is 543 g/mol. The molecule has 0 N–H and O–H groups in total. The van der Waals surface area contributed by atoms with Gasteiger partial charge in [0, 0.05) is 25.0 Å². The molecule has 1 aromatic heterocycles. The van der Waals surface area contributed by atoms with Crippen LogP contribution < -0.4 is 0 Å². The smallest absolute Gasteiger partial charge is 0.416 e. The highest BCUT2D eigenvalue weighted by Gasteiger charge is 2.39. The molecule has 2 fully saturated rings. The van der Waals surface area contributed by atoms with Gasteiger partial charge < -0.3 is 18.9 Å². The van der Waals surface area contributed by atoms with Crippen molar-refractivity contribution in [1.82, 2.24) is 14.5 Å². The Morgan fingerprint density at radius 2 is 1.74 bits per heavy atom. The van der Waals surface area contributed by atoms with Crippen LogP contribution in [-0.2, 0) is 34.2 Å². The molecule has 0 atom stereocenters. The van der Waals surface area contributed by atoms with Gasteiger partial charge in [0.25, 0.3) is 0 Å². The third-order valence-corrected chi connectivity index (χ3v) is 7.66. The number of imidazole rings is 1. The first kappa shape index (κ1) is 27.5. The van der Waals surface area contributed by atoms with E-state index in [9.17, 15) is 18.0 Å². The number of nitrogens with zero attached hydrogens (tertiary/aromatic N) is 3. The topological polar surface area (TPSA) is 56.6 Å². The van der Waals surface area contributed by atoms with Crippen molar-refractivity contribution >= 4 is 17.1 Å². The Bertz CT molecular complexity index is 1300. The average molecular weight is 544 g/mol. The number of aromatic nitrogens is 2. The van der Waals surface area contributed by atoms with E-state index in [4.69, 9.17) is 9.47 Å². The number of benzene rings is 2. The Balaban J connectivity index is 1.33. The Morgan fingerprint density at radius 1 is 1.05 bits per heavy atom. The highest BCUT2D eigenvalue weighted by atomic mass is 19.4. The van der Waals surface area contributed by atoms with Crippen LogP contribution in [0.5, 0.6) is 0 Å². The van der Waals surface area contributed by atoms with Gasteiger partial charge >= 0.3 is 12.3 Å². The molecule has 2 heterocycles. The predicted octanol–water partition coefficient (Wildman–Crippen LogP) is 6.95. The number of piperidine rings is 1. The molecule has 0 unspecified atom stereocenters. The zero-order valence-corrected chi connectivity index (χ0v) is 22.8. The standard InChI is InChI=1S/C30H36F3N3O3/c1-28(2,3)39-27(37)35-15-13-29(14-16-35,22-7-5-4-6-8-22)20-38-19-26-34-24-17-23(30(31,32)33)11-12-25(24)36(26)18-21-9-10-21/h4-8,11-12,17,21H,9-10,13-16,18-20H2,1-3H3. The lowest BCUT2D eigenvalue weighted by Crippen LogP contribution is -2.48. The van der Waals surface area contributed by atoms with Crippen LogP contribution in [-0.4, -0.2) is 45.8 Å². The van der Waals surface area contributed by atoms with Gasteiger partial charge in [0.1, 0.15) is 18.0 Å². The molecule has 9 heteroatoms. The third-order valence-electron chi connectivity index (χ3n) is 7.66. The first-order chi connectivity index (χ1) is 18.4. The van der Waals surface area contributed by atoms with Crippen LogP contribution in [0.2, 0.25) is 0 Å². The maximum atomic E-state index is 13.3. The number of hydrogen-bond acceptors (Lipinski definition) is 4. The number of likely N-dealkylation sites (tertiary alicyclic amines) is 1. The van der Waals surface area contributed by atoms with Crippen LogP contribution in [0, 0.1) is 5.92 Å². The maximum absolute atomic E-state index is 13.3. The third kappa shape index (κ3) is 6.40. The number of rotatable bonds is 7. The van der Waals surface area contributed by atoms with E-state index in [-0.39, 0.29) is 18.1 Å². The summed E-state index contributed by atoms with van der Waals surface area (Å²) in [6.45, 7) is 8.02. The fourth-order valence-electron chi connectivity index (χ4n) is 5.32. The summed E-state index contributed by atoms with van der Waals surface area (Å²) in [5.74, 6) is 1.17. The van der Waals surface area contributed by atoms with Crippen molar-refractivity contribution in [2.24, 2.45) is 5.92 Å². The number of alkyl halides is 3. The minimum atomic E-state index is -4.42. The molecule has 2 aliphatic rings. The second kappa shape index (κ2) is 10.5. The Hall–Kier alpha value is -3.07. The summed E-state index contributed by atoms with van der Waals surface area (Å²) in [4.78, 5) is 19.0. The summed E-state index contributed by atoms with van der Waals surface area (Å²) in [5.41, 5.74) is 0.648. The number of ether oxygens (including phenoxy) is 2. The van der Waals surface area contributed by atoms with Crippen LogP contribution in [0.25, 0.3) is 11.0 Å². The normalized spacial score (nSPS) is 17.9. The van der Waals surface area contributed by atoms with Crippen molar-refractivity contribution in [1.29, 1.82) is 0 Å². The van der Waals surface area contributed by atoms with Crippen LogP contribution in [0.4, 0.5) is 18.0 Å². The maximum Gasteiger partial charge on any atom is 0.416 e. The van der Waals surface area contributed by atoms with Crippen molar-refractivity contribution < 1.29 is 27.4 Å².